The molecule has 1 unspecified atom stereocenters. The summed E-state index contributed by atoms with van der Waals surface area (Å²) in [6.45, 7) is 2.64. The van der Waals surface area contributed by atoms with Crippen LogP contribution >= 0.6 is 0 Å². The van der Waals surface area contributed by atoms with E-state index in [4.69, 9.17) is 5.73 Å². The highest BCUT2D eigenvalue weighted by atomic mass is 32.2. The van der Waals surface area contributed by atoms with Gasteiger partial charge in [0.15, 0.2) is 0 Å². The van der Waals surface area contributed by atoms with Crippen molar-refractivity contribution in [1.29, 1.82) is 0 Å². The summed E-state index contributed by atoms with van der Waals surface area (Å²) in [4.78, 5) is 5.91. The van der Waals surface area contributed by atoms with Gasteiger partial charge < -0.3 is 10.6 Å². The van der Waals surface area contributed by atoms with Gasteiger partial charge in [-0.2, -0.15) is 0 Å². The van der Waals surface area contributed by atoms with E-state index in [1.807, 2.05) is 25.9 Å². The maximum atomic E-state index is 12.2. The van der Waals surface area contributed by atoms with Gasteiger partial charge in [0.25, 0.3) is 0 Å². The van der Waals surface area contributed by atoms with Crippen molar-refractivity contribution in [3.8, 4) is 11.8 Å². The first kappa shape index (κ1) is 16.6. The van der Waals surface area contributed by atoms with Crippen molar-refractivity contribution in [2.24, 2.45) is 5.73 Å². The lowest BCUT2D eigenvalue weighted by Gasteiger charge is -2.18. The average molecular weight is 296 g/mol. The quantitative estimate of drug-likeness (QED) is 0.723. The number of rotatable bonds is 5. The lowest BCUT2D eigenvalue weighted by molar-refractivity contribution is 0.370. The number of hydrogen-bond donors (Lipinski definition) is 2. The van der Waals surface area contributed by atoms with Crippen LogP contribution in [0.3, 0.4) is 0 Å². The summed E-state index contributed by atoms with van der Waals surface area (Å²) in [5.41, 5.74) is 5.81. The molecule has 0 bridgehead atoms. The summed E-state index contributed by atoms with van der Waals surface area (Å²) in [7, 11) is 0.178. The zero-order valence-electron chi connectivity index (χ0n) is 11.9. The Bertz CT molecular complexity index is 602. The van der Waals surface area contributed by atoms with E-state index in [0.29, 0.717) is 12.1 Å². The van der Waals surface area contributed by atoms with Gasteiger partial charge in [-0.3, -0.25) is 4.98 Å². The van der Waals surface area contributed by atoms with Crippen molar-refractivity contribution in [2.45, 2.75) is 17.9 Å². The summed E-state index contributed by atoms with van der Waals surface area (Å²) in [5.74, 6) is 5.43. The van der Waals surface area contributed by atoms with E-state index in [2.05, 4.69) is 21.5 Å². The summed E-state index contributed by atoms with van der Waals surface area (Å²) in [6, 6.07) is 1.29. The standard InChI is InChI=1S/C13H20N4O2S/c1-11(10-17(2)3)16-20(18,19)13-7-12(5-4-6-14)8-15-9-13/h7-9,11,16H,6,10,14H2,1-3H3. The molecule has 1 heterocycles. The first-order valence-corrected chi connectivity index (χ1v) is 7.64. The Morgan fingerprint density at radius 3 is 2.75 bits per heavy atom. The Morgan fingerprint density at radius 1 is 1.45 bits per heavy atom. The van der Waals surface area contributed by atoms with Crippen LogP contribution in [0.2, 0.25) is 0 Å². The minimum atomic E-state index is -3.59. The molecule has 1 aromatic heterocycles. The van der Waals surface area contributed by atoms with Crippen LogP contribution < -0.4 is 10.5 Å². The maximum absolute atomic E-state index is 12.2. The van der Waals surface area contributed by atoms with Gasteiger partial charge in [0, 0.05) is 30.5 Å². The molecule has 0 amide bonds. The van der Waals surface area contributed by atoms with Gasteiger partial charge in [-0.1, -0.05) is 11.8 Å². The van der Waals surface area contributed by atoms with Gasteiger partial charge in [-0.05, 0) is 27.1 Å². The molecule has 0 fully saturated rings. The summed E-state index contributed by atoms with van der Waals surface area (Å²) >= 11 is 0. The molecular weight excluding hydrogens is 276 g/mol. The molecule has 0 aliphatic carbocycles. The maximum Gasteiger partial charge on any atom is 0.242 e. The van der Waals surface area contributed by atoms with Crippen molar-refractivity contribution in [3.05, 3.63) is 24.0 Å². The molecule has 1 aromatic rings. The van der Waals surface area contributed by atoms with Crippen LogP contribution in [0.1, 0.15) is 12.5 Å². The topological polar surface area (TPSA) is 88.3 Å². The summed E-state index contributed by atoms with van der Waals surface area (Å²) < 4.78 is 27.0. The van der Waals surface area contributed by atoms with E-state index in [9.17, 15) is 8.42 Å². The number of hydrogen-bond acceptors (Lipinski definition) is 5. The van der Waals surface area contributed by atoms with Crippen LogP contribution in [0.25, 0.3) is 0 Å². The Kier molecular flexibility index (Phi) is 6.10. The summed E-state index contributed by atoms with van der Waals surface area (Å²) in [5, 5.41) is 0. The first-order valence-electron chi connectivity index (χ1n) is 6.16. The highest BCUT2D eigenvalue weighted by molar-refractivity contribution is 7.89. The van der Waals surface area contributed by atoms with E-state index in [-0.39, 0.29) is 17.5 Å². The lowest BCUT2D eigenvalue weighted by Crippen LogP contribution is -2.39. The molecule has 1 rings (SSSR count). The number of pyridine rings is 1. The molecule has 0 saturated carbocycles. The van der Waals surface area contributed by atoms with Crippen LogP contribution in [0.15, 0.2) is 23.4 Å². The molecule has 0 aromatic carbocycles. The third kappa shape index (κ3) is 5.27. The van der Waals surface area contributed by atoms with E-state index < -0.39 is 10.0 Å². The largest absolute Gasteiger partial charge is 0.320 e. The zero-order chi connectivity index (χ0) is 15.2. The van der Waals surface area contributed by atoms with E-state index in [1.165, 1.54) is 18.5 Å². The molecule has 6 nitrogen and oxygen atoms in total. The average Bonchev–Trinajstić information content (AvgIpc) is 2.35. The van der Waals surface area contributed by atoms with Gasteiger partial charge in [0.1, 0.15) is 4.90 Å². The smallest absolute Gasteiger partial charge is 0.242 e. The van der Waals surface area contributed by atoms with Crippen LogP contribution in [0.5, 0.6) is 0 Å². The van der Waals surface area contributed by atoms with Crippen molar-refractivity contribution >= 4 is 10.0 Å². The Hall–Kier alpha value is -1.46. The molecule has 0 aliphatic rings. The van der Waals surface area contributed by atoms with E-state index in [1.54, 1.807) is 0 Å². The monoisotopic (exact) mass is 296 g/mol. The number of sulfonamides is 1. The Morgan fingerprint density at radius 2 is 2.15 bits per heavy atom. The van der Waals surface area contributed by atoms with E-state index in [0.717, 1.165) is 0 Å². The molecular formula is C13H20N4O2S. The predicted octanol–water partition coefficient (Wildman–Crippen LogP) is -0.380. The summed E-state index contributed by atoms with van der Waals surface area (Å²) in [6.07, 6.45) is 2.81. The fraction of sp³-hybridized carbons (Fsp3) is 0.462. The molecule has 7 heteroatoms. The molecule has 3 N–H and O–H groups in total. The van der Waals surface area contributed by atoms with Gasteiger partial charge in [-0.15, -0.1) is 0 Å². The second-order valence-corrected chi connectivity index (χ2v) is 6.41. The van der Waals surface area contributed by atoms with Crippen molar-refractivity contribution in [1.82, 2.24) is 14.6 Å². The Balaban J connectivity index is 2.92. The number of aromatic nitrogens is 1. The van der Waals surface area contributed by atoms with Crippen LogP contribution in [-0.4, -0.2) is 51.5 Å². The number of nitrogens with one attached hydrogen (secondary N) is 1. The second-order valence-electron chi connectivity index (χ2n) is 4.70. The third-order valence-corrected chi connectivity index (χ3v) is 3.91. The van der Waals surface area contributed by atoms with Gasteiger partial charge >= 0.3 is 0 Å². The number of nitrogens with two attached hydrogens (primary N) is 1. The van der Waals surface area contributed by atoms with Gasteiger partial charge in [-0.25, -0.2) is 13.1 Å². The fourth-order valence-electron chi connectivity index (χ4n) is 1.71. The van der Waals surface area contributed by atoms with Crippen LogP contribution in [0, 0.1) is 11.8 Å². The molecule has 1 atom stereocenters. The normalized spacial score (nSPS) is 12.8. The molecule has 0 radical (unpaired) electrons. The van der Waals surface area contributed by atoms with Gasteiger partial charge in [0.2, 0.25) is 10.0 Å². The number of likely N-dealkylation sites (N-methyl/N-ethyl adjacent to an activating group) is 1. The predicted molar refractivity (Wildman–Crippen MR) is 78.5 cm³/mol. The Labute approximate surface area is 120 Å². The van der Waals surface area contributed by atoms with Crippen molar-refractivity contribution in [2.75, 3.05) is 27.2 Å². The van der Waals surface area contributed by atoms with Crippen LogP contribution in [0.4, 0.5) is 0 Å². The molecule has 0 saturated heterocycles. The minimum absolute atomic E-state index is 0.104. The second kappa shape index (κ2) is 7.36. The third-order valence-electron chi connectivity index (χ3n) is 2.35. The van der Waals surface area contributed by atoms with Crippen molar-refractivity contribution < 1.29 is 8.42 Å². The molecule has 20 heavy (non-hydrogen) atoms. The van der Waals surface area contributed by atoms with Crippen LogP contribution in [-0.2, 0) is 10.0 Å². The fourth-order valence-corrected chi connectivity index (χ4v) is 2.93. The highest BCUT2D eigenvalue weighted by Gasteiger charge is 2.18. The SMILES string of the molecule is CC(CN(C)C)NS(=O)(=O)c1cncc(C#CCN)c1. The lowest BCUT2D eigenvalue weighted by atomic mass is 10.3. The highest BCUT2D eigenvalue weighted by Crippen LogP contribution is 2.09. The first-order chi connectivity index (χ1) is 9.35. The number of nitrogens with zero attached hydrogens (tertiary/aromatic N) is 2. The molecule has 0 aliphatic heterocycles. The van der Waals surface area contributed by atoms with E-state index >= 15 is 0 Å². The zero-order valence-corrected chi connectivity index (χ0v) is 12.7. The molecule has 110 valence electrons. The molecule has 0 spiro atoms. The minimum Gasteiger partial charge on any atom is -0.320 e. The van der Waals surface area contributed by atoms with Crippen molar-refractivity contribution in [3.63, 3.8) is 0 Å². The van der Waals surface area contributed by atoms with Gasteiger partial charge in [0.05, 0.1) is 6.54 Å².